The number of nitrogens with one attached hydrogen (secondary N) is 1. The molecule has 4 heteroatoms. The summed E-state index contributed by atoms with van der Waals surface area (Å²) in [6, 6.07) is 10.1. The first-order chi connectivity index (χ1) is 10.2. The third-order valence-electron chi connectivity index (χ3n) is 3.19. The van der Waals surface area contributed by atoms with E-state index in [0.29, 0.717) is 6.42 Å². The quantitative estimate of drug-likeness (QED) is 0.846. The molecule has 0 amide bonds. The van der Waals surface area contributed by atoms with E-state index in [9.17, 15) is 0 Å². The summed E-state index contributed by atoms with van der Waals surface area (Å²) in [4.78, 5) is 9.26. The Hall–Kier alpha value is -2.10. The normalized spacial score (nSPS) is 10.4. The Morgan fingerprint density at radius 1 is 1.14 bits per heavy atom. The molecule has 0 atom stereocenters. The summed E-state index contributed by atoms with van der Waals surface area (Å²) in [5, 5.41) is 3.28. The largest absolute Gasteiger partial charge is 0.497 e. The lowest BCUT2D eigenvalue weighted by atomic mass is 10.1. The molecule has 1 aromatic heterocycles. The maximum Gasteiger partial charge on any atom is 0.135 e. The minimum absolute atomic E-state index is 0.715. The van der Waals surface area contributed by atoms with Gasteiger partial charge in [-0.25, -0.2) is 9.97 Å². The second kappa shape index (κ2) is 7.62. The Morgan fingerprint density at radius 2 is 2.00 bits per heavy atom. The fourth-order valence-corrected chi connectivity index (χ4v) is 2.25. The van der Waals surface area contributed by atoms with Gasteiger partial charge in [0.2, 0.25) is 0 Å². The minimum atomic E-state index is 0.715. The highest BCUT2D eigenvalue weighted by Gasteiger charge is 2.06. The van der Waals surface area contributed by atoms with Crippen molar-refractivity contribution in [1.29, 1.82) is 0 Å². The lowest BCUT2D eigenvalue weighted by Gasteiger charge is -2.09. The van der Waals surface area contributed by atoms with Crippen molar-refractivity contribution in [3.8, 4) is 5.75 Å². The van der Waals surface area contributed by atoms with Crippen LogP contribution in [-0.2, 0) is 12.8 Å². The van der Waals surface area contributed by atoms with Gasteiger partial charge in [-0.1, -0.05) is 25.5 Å². The number of hydrogen-bond acceptors (Lipinski definition) is 4. The van der Waals surface area contributed by atoms with Crippen LogP contribution in [-0.4, -0.2) is 23.6 Å². The number of nitrogens with zero attached hydrogens (tertiary/aromatic N) is 2. The summed E-state index contributed by atoms with van der Waals surface area (Å²) in [5.41, 5.74) is 2.26. The van der Waals surface area contributed by atoms with E-state index in [0.717, 1.165) is 48.0 Å². The van der Waals surface area contributed by atoms with E-state index in [-0.39, 0.29) is 0 Å². The number of methoxy groups -OCH3 is 1. The van der Waals surface area contributed by atoms with Crippen molar-refractivity contribution in [3.05, 3.63) is 47.4 Å². The molecule has 1 N–H and O–H groups in total. The molecule has 1 heterocycles. The van der Waals surface area contributed by atoms with Gasteiger partial charge in [0, 0.05) is 24.7 Å². The molecule has 0 saturated carbocycles. The van der Waals surface area contributed by atoms with Crippen LogP contribution in [0.15, 0.2) is 30.3 Å². The zero-order valence-electron chi connectivity index (χ0n) is 13.0. The zero-order chi connectivity index (χ0) is 15.1. The van der Waals surface area contributed by atoms with E-state index in [2.05, 4.69) is 35.2 Å². The second-order valence-electron chi connectivity index (χ2n) is 4.97. The minimum Gasteiger partial charge on any atom is -0.497 e. The van der Waals surface area contributed by atoms with Crippen molar-refractivity contribution >= 4 is 5.82 Å². The molecule has 0 aliphatic carbocycles. The number of aryl methyl sites for hydroxylation is 1. The summed E-state index contributed by atoms with van der Waals surface area (Å²) >= 11 is 0. The van der Waals surface area contributed by atoms with E-state index in [1.54, 1.807) is 7.11 Å². The van der Waals surface area contributed by atoms with Crippen LogP contribution in [0.25, 0.3) is 0 Å². The smallest absolute Gasteiger partial charge is 0.135 e. The molecule has 2 rings (SSSR count). The first kappa shape index (κ1) is 15.3. The Bertz CT molecular complexity index is 560. The fraction of sp³-hybridized carbons (Fsp3) is 0.412. The van der Waals surface area contributed by atoms with Crippen LogP contribution in [0.3, 0.4) is 0 Å². The number of hydrogen-bond donors (Lipinski definition) is 1. The molecule has 112 valence electrons. The van der Waals surface area contributed by atoms with Crippen LogP contribution in [0, 0.1) is 0 Å². The van der Waals surface area contributed by atoms with Crippen LogP contribution in [0.4, 0.5) is 5.82 Å². The highest BCUT2D eigenvalue weighted by molar-refractivity contribution is 5.37. The first-order valence-electron chi connectivity index (χ1n) is 7.48. The monoisotopic (exact) mass is 285 g/mol. The summed E-state index contributed by atoms with van der Waals surface area (Å²) < 4.78 is 5.26. The van der Waals surface area contributed by atoms with E-state index in [1.165, 1.54) is 0 Å². The third kappa shape index (κ3) is 4.45. The van der Waals surface area contributed by atoms with Crippen molar-refractivity contribution in [2.75, 3.05) is 19.0 Å². The van der Waals surface area contributed by atoms with Crippen molar-refractivity contribution in [3.63, 3.8) is 0 Å². The number of ether oxygens (including phenoxy) is 1. The maximum atomic E-state index is 5.26. The molecule has 0 bridgehead atoms. The molecule has 0 aliphatic heterocycles. The van der Waals surface area contributed by atoms with Gasteiger partial charge in [0.25, 0.3) is 0 Å². The lowest BCUT2D eigenvalue weighted by molar-refractivity contribution is 0.414. The van der Waals surface area contributed by atoms with Crippen molar-refractivity contribution in [1.82, 2.24) is 9.97 Å². The van der Waals surface area contributed by atoms with Crippen molar-refractivity contribution < 1.29 is 4.74 Å². The molecular weight excluding hydrogens is 262 g/mol. The Morgan fingerprint density at radius 3 is 2.71 bits per heavy atom. The van der Waals surface area contributed by atoms with Gasteiger partial charge in [-0.2, -0.15) is 0 Å². The van der Waals surface area contributed by atoms with Crippen molar-refractivity contribution in [2.45, 2.75) is 33.1 Å². The molecule has 21 heavy (non-hydrogen) atoms. The predicted octanol–water partition coefficient (Wildman–Crippen LogP) is 3.46. The summed E-state index contributed by atoms with van der Waals surface area (Å²) in [6.45, 7) is 5.10. The van der Waals surface area contributed by atoms with Gasteiger partial charge < -0.3 is 10.1 Å². The van der Waals surface area contributed by atoms with Crippen LogP contribution < -0.4 is 10.1 Å². The highest BCUT2D eigenvalue weighted by atomic mass is 16.5. The average molecular weight is 285 g/mol. The molecule has 0 fully saturated rings. The molecule has 1 aromatic carbocycles. The first-order valence-corrected chi connectivity index (χ1v) is 7.48. The second-order valence-corrected chi connectivity index (χ2v) is 4.97. The summed E-state index contributed by atoms with van der Waals surface area (Å²) in [6.07, 6.45) is 2.78. The lowest BCUT2D eigenvalue weighted by Crippen LogP contribution is -2.06. The number of benzene rings is 1. The van der Waals surface area contributed by atoms with E-state index < -0.39 is 0 Å². The Kier molecular flexibility index (Phi) is 5.55. The molecule has 2 aromatic rings. The molecule has 0 unspecified atom stereocenters. The highest BCUT2D eigenvalue weighted by Crippen LogP contribution is 2.16. The molecular formula is C17H23N3O. The van der Waals surface area contributed by atoms with Gasteiger partial charge in [0.15, 0.2) is 0 Å². The van der Waals surface area contributed by atoms with Gasteiger partial charge in [-0.15, -0.1) is 0 Å². The molecule has 0 saturated heterocycles. The summed E-state index contributed by atoms with van der Waals surface area (Å²) in [7, 11) is 1.68. The maximum absolute atomic E-state index is 5.26. The molecule has 0 radical (unpaired) electrons. The molecule has 4 nitrogen and oxygen atoms in total. The zero-order valence-corrected chi connectivity index (χ0v) is 13.0. The van der Waals surface area contributed by atoms with Crippen LogP contribution in [0.5, 0.6) is 5.75 Å². The Balaban J connectivity index is 2.24. The van der Waals surface area contributed by atoms with Gasteiger partial charge in [0.1, 0.15) is 17.4 Å². The molecule has 0 aliphatic rings. The van der Waals surface area contributed by atoms with Crippen LogP contribution >= 0.6 is 0 Å². The van der Waals surface area contributed by atoms with Crippen molar-refractivity contribution in [2.24, 2.45) is 0 Å². The topological polar surface area (TPSA) is 47.0 Å². The van der Waals surface area contributed by atoms with Gasteiger partial charge >= 0.3 is 0 Å². The van der Waals surface area contributed by atoms with Gasteiger partial charge in [-0.05, 0) is 31.0 Å². The fourth-order valence-electron chi connectivity index (χ4n) is 2.25. The average Bonchev–Trinajstić information content (AvgIpc) is 2.48. The number of aromatic nitrogens is 2. The SMILES string of the molecule is CCCc1cc(NCC)nc(Cc2cccc(OC)c2)n1. The van der Waals surface area contributed by atoms with Gasteiger partial charge in [-0.3, -0.25) is 0 Å². The van der Waals surface area contributed by atoms with Crippen LogP contribution in [0.1, 0.15) is 37.4 Å². The van der Waals surface area contributed by atoms with E-state index >= 15 is 0 Å². The van der Waals surface area contributed by atoms with Gasteiger partial charge in [0.05, 0.1) is 7.11 Å². The van der Waals surface area contributed by atoms with E-state index in [1.807, 2.05) is 24.3 Å². The van der Waals surface area contributed by atoms with Crippen LogP contribution in [0.2, 0.25) is 0 Å². The Labute approximate surface area is 126 Å². The standard InChI is InChI=1S/C17H23N3O/c1-4-7-14-12-16(18-5-2)20-17(19-14)11-13-8-6-9-15(10-13)21-3/h6,8-10,12H,4-5,7,11H2,1-3H3,(H,18,19,20). The molecule has 0 spiro atoms. The number of rotatable bonds is 7. The third-order valence-corrected chi connectivity index (χ3v) is 3.19. The number of anilines is 1. The predicted molar refractivity (Wildman–Crippen MR) is 86.0 cm³/mol. The van der Waals surface area contributed by atoms with E-state index in [4.69, 9.17) is 4.74 Å². The summed E-state index contributed by atoms with van der Waals surface area (Å²) in [5.74, 6) is 2.63.